The number of nitrogens with two attached hydrogens (primary N) is 1. The van der Waals surface area contributed by atoms with Crippen molar-refractivity contribution in [3.05, 3.63) is 75.1 Å². The fourth-order valence-electron chi connectivity index (χ4n) is 6.10. The summed E-state index contributed by atoms with van der Waals surface area (Å²) in [4.78, 5) is 40.6. The maximum absolute atomic E-state index is 14.0. The third-order valence-electron chi connectivity index (χ3n) is 9.71. The first-order valence-electron chi connectivity index (χ1n) is 17.4. The van der Waals surface area contributed by atoms with Crippen molar-refractivity contribution in [2.24, 2.45) is 0 Å². The summed E-state index contributed by atoms with van der Waals surface area (Å²) in [7, 11) is 5.77. The summed E-state index contributed by atoms with van der Waals surface area (Å²) >= 11 is 12.7. The Hall–Kier alpha value is -4.12. The molecule has 302 valence electrons. The molecule has 2 amide bonds. The van der Waals surface area contributed by atoms with Crippen LogP contribution >= 0.6 is 23.2 Å². The standard InChI is InChI=1S/C38H49Cl2FN4O10/c1-20(10-9-11-30(52-8)38(50)18-23(54-36(49)43-38)15-31-37(3,4)55-31)12-22-13-28(33(40)29(14-22)51-7)45(6)32(46)19-53-35(48)21(2)44(5)34(47)24-16-26(41)27(42)17-25(24)39/h9-11,13-14,16-17,21,23,30-32,46,50H,12,15,18-19,42H2,1-8H3,(H,43,49)/b11-9+,20-10+/t21-,23+,30+,31-,32?,38-/m0/s1. The number of benzene rings is 2. The number of esters is 1. The van der Waals surface area contributed by atoms with Crippen molar-refractivity contribution >= 4 is 52.5 Å². The van der Waals surface area contributed by atoms with E-state index in [1.165, 1.54) is 33.1 Å². The molecule has 0 aliphatic carbocycles. The van der Waals surface area contributed by atoms with Gasteiger partial charge in [0.25, 0.3) is 5.91 Å². The fourth-order valence-corrected chi connectivity index (χ4v) is 6.67. The second-order valence-corrected chi connectivity index (χ2v) is 15.0. The van der Waals surface area contributed by atoms with Crippen molar-refractivity contribution in [3.8, 4) is 5.75 Å². The summed E-state index contributed by atoms with van der Waals surface area (Å²) in [6.45, 7) is 6.72. The number of hydrogen-bond acceptors (Lipinski definition) is 12. The molecule has 0 saturated carbocycles. The molecule has 1 unspecified atom stereocenters. The van der Waals surface area contributed by atoms with Crippen LogP contribution in [0.2, 0.25) is 10.0 Å². The maximum Gasteiger partial charge on any atom is 0.409 e. The van der Waals surface area contributed by atoms with Gasteiger partial charge in [-0.15, -0.1) is 0 Å². The number of anilines is 2. The van der Waals surface area contributed by atoms with E-state index in [4.69, 9.17) is 52.6 Å². The number of halogens is 3. The van der Waals surface area contributed by atoms with Crippen LogP contribution in [0, 0.1) is 5.82 Å². The predicted octanol–water partition coefficient (Wildman–Crippen LogP) is 5.00. The van der Waals surface area contributed by atoms with Gasteiger partial charge in [0.15, 0.2) is 12.0 Å². The highest BCUT2D eigenvalue weighted by Crippen LogP contribution is 2.41. The lowest BCUT2D eigenvalue weighted by molar-refractivity contribution is -0.151. The van der Waals surface area contributed by atoms with Gasteiger partial charge in [-0.25, -0.2) is 14.0 Å². The van der Waals surface area contributed by atoms with Crippen LogP contribution in [0.5, 0.6) is 5.75 Å². The number of alkyl carbamates (subject to hydrolysis) is 1. The minimum Gasteiger partial charge on any atom is -0.495 e. The molecule has 0 radical (unpaired) electrons. The van der Waals surface area contributed by atoms with E-state index in [9.17, 15) is 29.0 Å². The van der Waals surface area contributed by atoms with Crippen LogP contribution in [0.3, 0.4) is 0 Å². The van der Waals surface area contributed by atoms with E-state index in [1.54, 1.807) is 31.3 Å². The third-order valence-corrected chi connectivity index (χ3v) is 10.4. The lowest BCUT2D eigenvalue weighted by Crippen LogP contribution is -2.62. The zero-order chi connectivity index (χ0) is 41.0. The number of nitrogen functional groups attached to an aromatic ring is 1. The smallest absolute Gasteiger partial charge is 0.409 e. The number of rotatable bonds is 16. The molecule has 2 aromatic carbocycles. The Morgan fingerprint density at radius 1 is 1.20 bits per heavy atom. The van der Waals surface area contributed by atoms with Crippen molar-refractivity contribution < 1.29 is 52.7 Å². The molecule has 0 spiro atoms. The van der Waals surface area contributed by atoms with Gasteiger partial charge in [-0.3, -0.25) is 10.1 Å². The number of methoxy groups -OCH3 is 2. The number of amides is 2. The van der Waals surface area contributed by atoms with E-state index < -0.39 is 60.6 Å². The van der Waals surface area contributed by atoms with Gasteiger partial charge >= 0.3 is 12.1 Å². The zero-order valence-corrected chi connectivity index (χ0v) is 33.5. The van der Waals surface area contributed by atoms with Crippen molar-refractivity contribution in [2.75, 3.05) is 45.6 Å². The van der Waals surface area contributed by atoms with E-state index in [0.717, 1.165) is 28.2 Å². The first kappa shape index (κ1) is 43.6. The summed E-state index contributed by atoms with van der Waals surface area (Å²) in [6.07, 6.45) is 2.56. The molecule has 5 N–H and O–H groups in total. The monoisotopic (exact) mass is 810 g/mol. The number of aliphatic hydroxyl groups excluding tert-OH is 1. The highest BCUT2D eigenvalue weighted by Gasteiger charge is 2.52. The number of ether oxygens (including phenoxy) is 5. The Bertz CT molecular complexity index is 1830. The van der Waals surface area contributed by atoms with Gasteiger partial charge < -0.3 is 49.4 Å². The SMILES string of the molecule is COc1cc(C/C(C)=C/C=C/[C@@H](OC)[C@@]2(O)C[C@@H](C[C@@H]3OC3(C)C)OC(=O)N2)cc(N(C)C(O)COC(=O)[C@H](C)N(C)C(=O)c2cc(F)c(N)cc2Cl)c1Cl. The average molecular weight is 812 g/mol. The average Bonchev–Trinajstić information content (AvgIpc) is 3.73. The third kappa shape index (κ3) is 10.6. The maximum atomic E-state index is 14.0. The number of carbonyl (C=O) groups is 3. The molecule has 0 aromatic heterocycles. The van der Waals surface area contributed by atoms with E-state index in [-0.39, 0.29) is 39.4 Å². The van der Waals surface area contributed by atoms with Crippen LogP contribution in [0.4, 0.5) is 20.6 Å². The van der Waals surface area contributed by atoms with Crippen molar-refractivity contribution in [2.45, 2.75) is 88.9 Å². The quantitative estimate of drug-likeness (QED) is 0.0586. The van der Waals surface area contributed by atoms with Gasteiger partial charge in [0.05, 0.1) is 40.8 Å². The Labute approximate surface area is 329 Å². The molecule has 14 nitrogen and oxygen atoms in total. The van der Waals surface area contributed by atoms with Gasteiger partial charge in [0.1, 0.15) is 41.4 Å². The molecule has 17 heteroatoms. The number of likely N-dealkylation sites (N-methyl/N-ethyl adjacent to an activating group) is 2. The predicted molar refractivity (Wildman–Crippen MR) is 205 cm³/mol. The molecule has 55 heavy (non-hydrogen) atoms. The Balaban J connectivity index is 1.39. The van der Waals surface area contributed by atoms with E-state index in [0.29, 0.717) is 24.3 Å². The van der Waals surface area contributed by atoms with Gasteiger partial charge in [0, 0.05) is 34.0 Å². The molecule has 2 aromatic rings. The number of nitrogens with zero attached hydrogens (tertiary/aromatic N) is 2. The Morgan fingerprint density at radius 3 is 2.49 bits per heavy atom. The Morgan fingerprint density at radius 2 is 1.87 bits per heavy atom. The van der Waals surface area contributed by atoms with Gasteiger partial charge in [0.2, 0.25) is 0 Å². The van der Waals surface area contributed by atoms with Crippen LogP contribution in [0.25, 0.3) is 0 Å². The first-order chi connectivity index (χ1) is 25.7. The van der Waals surface area contributed by atoms with Crippen molar-refractivity contribution in [1.82, 2.24) is 10.2 Å². The number of allylic oxidation sites excluding steroid dienone is 3. The molecular formula is C38H49Cl2FN4O10. The van der Waals surface area contributed by atoms with Gasteiger partial charge in [-0.05, 0) is 63.9 Å². The molecule has 6 atom stereocenters. The summed E-state index contributed by atoms with van der Waals surface area (Å²) in [5.74, 6) is -2.06. The number of cyclic esters (lactones) is 1. The molecule has 2 saturated heterocycles. The highest BCUT2D eigenvalue weighted by atomic mass is 35.5. The first-order valence-corrected chi connectivity index (χ1v) is 18.2. The number of carbonyl (C=O) groups excluding carboxylic acids is 3. The second kappa shape index (κ2) is 17.8. The van der Waals surface area contributed by atoms with Crippen molar-refractivity contribution in [1.29, 1.82) is 0 Å². The van der Waals surface area contributed by atoms with E-state index in [1.807, 2.05) is 26.8 Å². The number of epoxide rings is 1. The Kier molecular flexibility index (Phi) is 14.1. The van der Waals surface area contributed by atoms with Crippen LogP contribution in [-0.2, 0) is 30.2 Å². The molecule has 0 bridgehead atoms. The van der Waals surface area contributed by atoms with Crippen LogP contribution in [-0.4, -0.2) is 110 Å². The second-order valence-electron chi connectivity index (χ2n) is 14.3. The molecule has 4 rings (SSSR count). The number of hydrogen-bond donors (Lipinski definition) is 4. The lowest BCUT2D eigenvalue weighted by atomic mass is 9.93. The highest BCUT2D eigenvalue weighted by molar-refractivity contribution is 6.35. The van der Waals surface area contributed by atoms with Gasteiger partial charge in [-0.1, -0.05) is 47.0 Å². The zero-order valence-electron chi connectivity index (χ0n) is 32.0. The fraction of sp³-hybridized carbons (Fsp3) is 0.500. The van der Waals surface area contributed by atoms with Crippen LogP contribution in [0.1, 0.15) is 56.5 Å². The molecule has 2 heterocycles. The number of aliphatic hydroxyl groups is 2. The topological polar surface area (TPSA) is 186 Å². The number of nitrogens with one attached hydrogen (secondary N) is 1. The molecule has 2 aliphatic rings. The van der Waals surface area contributed by atoms with Gasteiger partial charge in [-0.2, -0.15) is 0 Å². The van der Waals surface area contributed by atoms with Crippen LogP contribution < -0.4 is 20.7 Å². The lowest BCUT2D eigenvalue weighted by Gasteiger charge is -2.40. The van der Waals surface area contributed by atoms with E-state index >= 15 is 0 Å². The van der Waals surface area contributed by atoms with E-state index in [2.05, 4.69) is 5.32 Å². The molecule has 2 fully saturated rings. The van der Waals surface area contributed by atoms with Crippen LogP contribution in [0.15, 0.2) is 48.1 Å². The summed E-state index contributed by atoms with van der Waals surface area (Å²) in [5, 5.41) is 25.0. The largest absolute Gasteiger partial charge is 0.495 e. The molecular weight excluding hydrogens is 762 g/mol. The molecule has 2 aliphatic heterocycles. The summed E-state index contributed by atoms with van der Waals surface area (Å²) in [5.41, 5.74) is 5.15. The van der Waals surface area contributed by atoms with Crippen molar-refractivity contribution in [3.63, 3.8) is 0 Å². The minimum atomic E-state index is -1.71. The minimum absolute atomic E-state index is 0.0702. The summed E-state index contributed by atoms with van der Waals surface area (Å²) in [6, 6.07) is 4.39. The summed E-state index contributed by atoms with van der Waals surface area (Å²) < 4.78 is 41.5. The normalized spacial score (nSPS) is 22.3.